The molecule has 0 saturated heterocycles. The summed E-state index contributed by atoms with van der Waals surface area (Å²) in [5.41, 5.74) is 0. The van der Waals surface area contributed by atoms with Crippen LogP contribution in [0.4, 0.5) is 0 Å². The number of rotatable bonds is 4. The first-order valence-corrected chi connectivity index (χ1v) is 7.15. The summed E-state index contributed by atoms with van der Waals surface area (Å²) in [4.78, 5) is 1.02. The van der Waals surface area contributed by atoms with Gasteiger partial charge in [-0.2, -0.15) is 0 Å². The highest BCUT2D eigenvalue weighted by Gasteiger charge is 2.15. The number of aromatic nitrogens is 2. The van der Waals surface area contributed by atoms with Gasteiger partial charge in [-0.3, -0.25) is 0 Å². The lowest BCUT2D eigenvalue weighted by atomic mass is 10.2. The third kappa shape index (κ3) is 2.39. The molecular formula is C14H15N3OS. The first kappa shape index (κ1) is 12.3. The highest BCUT2D eigenvalue weighted by molar-refractivity contribution is 7.22. The van der Waals surface area contributed by atoms with Crippen molar-refractivity contribution < 1.29 is 4.42 Å². The molecule has 0 amide bonds. The number of hydrogen-bond acceptors (Lipinski definition) is 5. The Morgan fingerprint density at radius 1 is 1.32 bits per heavy atom. The average Bonchev–Trinajstić information content (AvgIpc) is 3.05. The third-order valence-electron chi connectivity index (χ3n) is 2.96. The maximum atomic E-state index is 5.74. The summed E-state index contributed by atoms with van der Waals surface area (Å²) in [6.45, 7) is 4.95. The van der Waals surface area contributed by atoms with E-state index in [4.69, 9.17) is 4.42 Å². The molecule has 0 radical (unpaired) electrons. The van der Waals surface area contributed by atoms with Crippen molar-refractivity contribution in [3.63, 3.8) is 0 Å². The van der Waals surface area contributed by atoms with Gasteiger partial charge in [0.1, 0.15) is 0 Å². The van der Waals surface area contributed by atoms with Crippen LogP contribution in [-0.2, 0) is 0 Å². The van der Waals surface area contributed by atoms with E-state index in [9.17, 15) is 0 Å². The Morgan fingerprint density at radius 2 is 2.16 bits per heavy atom. The topological polar surface area (TPSA) is 51.0 Å². The van der Waals surface area contributed by atoms with Gasteiger partial charge in [-0.25, -0.2) is 0 Å². The van der Waals surface area contributed by atoms with Gasteiger partial charge in [-0.05, 0) is 31.0 Å². The molecule has 3 aromatic rings. The van der Waals surface area contributed by atoms with Gasteiger partial charge in [0.05, 0.1) is 10.9 Å². The minimum Gasteiger partial charge on any atom is -0.418 e. The first-order chi connectivity index (χ1) is 9.28. The summed E-state index contributed by atoms with van der Waals surface area (Å²) in [5, 5.41) is 12.7. The zero-order valence-electron chi connectivity index (χ0n) is 10.9. The maximum absolute atomic E-state index is 5.74. The van der Waals surface area contributed by atoms with E-state index in [1.165, 1.54) is 10.1 Å². The number of hydrogen-bond donors (Lipinski definition) is 1. The van der Waals surface area contributed by atoms with Crippen molar-refractivity contribution in [1.29, 1.82) is 0 Å². The van der Waals surface area contributed by atoms with Gasteiger partial charge < -0.3 is 9.73 Å². The molecule has 1 unspecified atom stereocenters. The van der Waals surface area contributed by atoms with Crippen LogP contribution in [-0.4, -0.2) is 16.7 Å². The van der Waals surface area contributed by atoms with E-state index >= 15 is 0 Å². The minimum atomic E-state index is 0.0839. The second kappa shape index (κ2) is 5.11. The van der Waals surface area contributed by atoms with Crippen molar-refractivity contribution in [3.8, 4) is 10.8 Å². The molecule has 2 heterocycles. The van der Waals surface area contributed by atoms with Gasteiger partial charge in [0.2, 0.25) is 5.89 Å². The summed E-state index contributed by atoms with van der Waals surface area (Å²) in [5.74, 6) is 1.23. The first-order valence-electron chi connectivity index (χ1n) is 6.33. The Labute approximate surface area is 115 Å². The number of nitrogens with one attached hydrogen (secondary N) is 1. The summed E-state index contributed by atoms with van der Waals surface area (Å²) in [7, 11) is 0. The van der Waals surface area contributed by atoms with Crippen molar-refractivity contribution in [2.45, 2.75) is 19.9 Å². The highest BCUT2D eigenvalue weighted by atomic mass is 32.1. The predicted octanol–water partition coefficient (Wildman–Crippen LogP) is 3.62. The SMILES string of the molecule is CCNC(C)c1nnc(-c2cc3ccccc3s2)o1. The minimum absolute atomic E-state index is 0.0839. The Hall–Kier alpha value is -1.72. The van der Waals surface area contributed by atoms with Gasteiger partial charge >= 0.3 is 0 Å². The molecule has 1 aromatic carbocycles. The van der Waals surface area contributed by atoms with Crippen molar-refractivity contribution >= 4 is 21.4 Å². The molecule has 0 spiro atoms. The van der Waals surface area contributed by atoms with E-state index in [2.05, 4.69) is 40.6 Å². The van der Waals surface area contributed by atoms with E-state index in [0.29, 0.717) is 11.8 Å². The number of fused-ring (bicyclic) bond motifs is 1. The predicted molar refractivity (Wildman–Crippen MR) is 77.2 cm³/mol. The lowest BCUT2D eigenvalue weighted by Gasteiger charge is -2.05. The second-order valence-electron chi connectivity index (χ2n) is 4.37. The maximum Gasteiger partial charge on any atom is 0.257 e. The van der Waals surface area contributed by atoms with Gasteiger partial charge in [0, 0.05) is 4.70 Å². The van der Waals surface area contributed by atoms with Crippen LogP contribution in [0.25, 0.3) is 20.9 Å². The van der Waals surface area contributed by atoms with E-state index in [1.54, 1.807) is 11.3 Å². The Bertz CT molecular complexity index is 656. The molecule has 0 fully saturated rings. The summed E-state index contributed by atoms with van der Waals surface area (Å²) in [6, 6.07) is 10.4. The van der Waals surface area contributed by atoms with E-state index in [-0.39, 0.29) is 6.04 Å². The van der Waals surface area contributed by atoms with Crippen LogP contribution >= 0.6 is 11.3 Å². The fourth-order valence-electron chi connectivity index (χ4n) is 1.99. The normalized spacial score (nSPS) is 12.9. The molecule has 1 atom stereocenters. The molecular weight excluding hydrogens is 258 g/mol. The molecule has 0 bridgehead atoms. The molecule has 0 saturated carbocycles. The van der Waals surface area contributed by atoms with Gasteiger partial charge in [0.15, 0.2) is 0 Å². The van der Waals surface area contributed by atoms with E-state index in [0.717, 1.165) is 11.4 Å². The fraction of sp³-hybridized carbons (Fsp3) is 0.286. The van der Waals surface area contributed by atoms with E-state index < -0.39 is 0 Å². The van der Waals surface area contributed by atoms with Gasteiger partial charge in [-0.15, -0.1) is 21.5 Å². The molecule has 19 heavy (non-hydrogen) atoms. The molecule has 2 aromatic heterocycles. The number of nitrogens with zero attached hydrogens (tertiary/aromatic N) is 2. The van der Waals surface area contributed by atoms with Crippen molar-refractivity contribution in [3.05, 3.63) is 36.2 Å². The smallest absolute Gasteiger partial charge is 0.257 e. The molecule has 0 aliphatic heterocycles. The van der Waals surface area contributed by atoms with Crippen LogP contribution in [0.1, 0.15) is 25.8 Å². The van der Waals surface area contributed by atoms with Crippen LogP contribution < -0.4 is 5.32 Å². The number of thiophene rings is 1. The van der Waals surface area contributed by atoms with E-state index in [1.807, 2.05) is 19.1 Å². The van der Waals surface area contributed by atoms with Crippen molar-refractivity contribution in [1.82, 2.24) is 15.5 Å². The molecule has 1 N–H and O–H groups in total. The molecule has 0 aliphatic rings. The lowest BCUT2D eigenvalue weighted by Crippen LogP contribution is -2.17. The van der Waals surface area contributed by atoms with Crippen molar-refractivity contribution in [2.24, 2.45) is 0 Å². The van der Waals surface area contributed by atoms with Crippen LogP contribution in [0.5, 0.6) is 0 Å². The van der Waals surface area contributed by atoms with Crippen LogP contribution in [0.3, 0.4) is 0 Å². The summed E-state index contributed by atoms with van der Waals surface area (Å²) < 4.78 is 6.97. The average molecular weight is 273 g/mol. The monoisotopic (exact) mass is 273 g/mol. The van der Waals surface area contributed by atoms with Gasteiger partial charge in [0.25, 0.3) is 5.89 Å². The zero-order chi connectivity index (χ0) is 13.2. The third-order valence-corrected chi connectivity index (χ3v) is 4.06. The molecule has 98 valence electrons. The molecule has 4 nitrogen and oxygen atoms in total. The Balaban J connectivity index is 1.93. The lowest BCUT2D eigenvalue weighted by molar-refractivity contribution is 0.429. The highest BCUT2D eigenvalue weighted by Crippen LogP contribution is 2.32. The van der Waals surface area contributed by atoms with Crippen molar-refractivity contribution in [2.75, 3.05) is 6.54 Å². The largest absolute Gasteiger partial charge is 0.418 e. The molecule has 0 aliphatic carbocycles. The second-order valence-corrected chi connectivity index (χ2v) is 5.46. The van der Waals surface area contributed by atoms with Crippen LogP contribution in [0.2, 0.25) is 0 Å². The molecule has 5 heteroatoms. The van der Waals surface area contributed by atoms with Crippen LogP contribution in [0.15, 0.2) is 34.7 Å². The Morgan fingerprint density at radius 3 is 2.95 bits per heavy atom. The van der Waals surface area contributed by atoms with Gasteiger partial charge in [-0.1, -0.05) is 25.1 Å². The standard InChI is InChI=1S/C14H15N3OS/c1-3-15-9(2)13-16-17-14(18-13)12-8-10-6-4-5-7-11(10)19-12/h4-9,15H,3H2,1-2H3. The fourth-order valence-corrected chi connectivity index (χ4v) is 2.97. The summed E-state index contributed by atoms with van der Waals surface area (Å²) in [6.07, 6.45) is 0. The number of benzene rings is 1. The summed E-state index contributed by atoms with van der Waals surface area (Å²) >= 11 is 1.67. The molecule has 3 rings (SSSR count). The Kier molecular flexibility index (Phi) is 3.31. The zero-order valence-corrected chi connectivity index (χ0v) is 11.7. The van der Waals surface area contributed by atoms with Crippen LogP contribution in [0, 0.1) is 0 Å². The quantitative estimate of drug-likeness (QED) is 0.788.